The van der Waals surface area contributed by atoms with Gasteiger partial charge in [-0.3, -0.25) is 4.90 Å². The number of aliphatic hydroxyl groups is 1. The Hall–Kier alpha value is -1.59. The van der Waals surface area contributed by atoms with E-state index in [1.807, 2.05) is 4.90 Å². The summed E-state index contributed by atoms with van der Waals surface area (Å²) >= 11 is 0. The number of hydrogen-bond donors (Lipinski definition) is 2. The molecule has 0 aromatic heterocycles. The van der Waals surface area contributed by atoms with E-state index in [0.29, 0.717) is 6.54 Å². The van der Waals surface area contributed by atoms with Crippen molar-refractivity contribution in [3.05, 3.63) is 35.4 Å². The molecule has 1 aromatic carbocycles. The number of benzene rings is 1. The molecule has 2 aliphatic heterocycles. The van der Waals surface area contributed by atoms with Crippen molar-refractivity contribution in [1.82, 2.24) is 15.1 Å². The van der Waals surface area contributed by atoms with E-state index in [0.717, 1.165) is 51.9 Å². The molecule has 2 fully saturated rings. The highest BCUT2D eigenvalue weighted by Gasteiger charge is 2.26. The predicted molar refractivity (Wildman–Crippen MR) is 99.4 cm³/mol. The van der Waals surface area contributed by atoms with Gasteiger partial charge in [0.2, 0.25) is 0 Å². The summed E-state index contributed by atoms with van der Waals surface area (Å²) in [7, 11) is 0. The van der Waals surface area contributed by atoms with Crippen LogP contribution in [0, 0.1) is 12.8 Å². The number of aryl methyl sites for hydroxylation is 1. The minimum atomic E-state index is 0.0512. The Morgan fingerprint density at radius 3 is 2.76 bits per heavy atom. The number of amides is 2. The standard InChI is InChI=1S/C20H31N3O2/c1-16-4-2-5-17(12-16)13-22-10-7-19(8-11-22)21-20(25)23-9-3-6-18(14-23)15-24/h2,4-5,12,18-19,24H,3,6-11,13-15H2,1H3,(H,21,25). The van der Waals surface area contributed by atoms with Crippen LogP contribution in [0.2, 0.25) is 0 Å². The summed E-state index contributed by atoms with van der Waals surface area (Å²) in [6.45, 7) is 6.86. The van der Waals surface area contributed by atoms with Crippen molar-refractivity contribution in [2.24, 2.45) is 5.92 Å². The second-order valence-electron chi connectivity index (χ2n) is 7.63. The van der Waals surface area contributed by atoms with Gasteiger partial charge in [0.1, 0.15) is 0 Å². The molecule has 0 saturated carbocycles. The molecule has 2 amide bonds. The van der Waals surface area contributed by atoms with Crippen LogP contribution in [-0.2, 0) is 6.54 Å². The smallest absolute Gasteiger partial charge is 0.317 e. The summed E-state index contributed by atoms with van der Waals surface area (Å²) < 4.78 is 0. The zero-order chi connectivity index (χ0) is 17.6. The number of urea groups is 1. The number of aliphatic hydroxyl groups excluding tert-OH is 1. The molecule has 2 aliphatic rings. The van der Waals surface area contributed by atoms with Gasteiger partial charge in [-0.05, 0) is 44.1 Å². The van der Waals surface area contributed by atoms with Crippen LogP contribution in [0.1, 0.15) is 36.8 Å². The number of nitrogens with one attached hydrogen (secondary N) is 1. The molecule has 3 rings (SSSR count). The molecule has 0 radical (unpaired) electrons. The first-order valence-corrected chi connectivity index (χ1v) is 9.58. The van der Waals surface area contributed by atoms with Crippen LogP contribution in [0.4, 0.5) is 4.79 Å². The monoisotopic (exact) mass is 345 g/mol. The molecule has 0 spiro atoms. The molecule has 5 nitrogen and oxygen atoms in total. The molecule has 1 unspecified atom stereocenters. The molecule has 2 heterocycles. The van der Waals surface area contributed by atoms with E-state index >= 15 is 0 Å². The van der Waals surface area contributed by atoms with Crippen molar-refractivity contribution in [2.45, 2.75) is 45.2 Å². The third-order valence-electron chi connectivity index (χ3n) is 5.47. The SMILES string of the molecule is Cc1cccc(CN2CCC(NC(=O)N3CCCC(CO)C3)CC2)c1. The largest absolute Gasteiger partial charge is 0.396 e. The van der Waals surface area contributed by atoms with Crippen LogP contribution >= 0.6 is 0 Å². The highest BCUT2D eigenvalue weighted by molar-refractivity contribution is 5.74. The molecular formula is C20H31N3O2. The second kappa shape index (κ2) is 8.68. The van der Waals surface area contributed by atoms with Crippen LogP contribution in [-0.4, -0.2) is 59.8 Å². The fourth-order valence-corrected chi connectivity index (χ4v) is 3.97. The van der Waals surface area contributed by atoms with Gasteiger partial charge in [-0.2, -0.15) is 0 Å². The van der Waals surface area contributed by atoms with Crippen molar-refractivity contribution < 1.29 is 9.90 Å². The number of carbonyl (C=O) groups excluding carboxylic acids is 1. The number of rotatable bonds is 4. The zero-order valence-corrected chi connectivity index (χ0v) is 15.3. The van der Waals surface area contributed by atoms with Crippen molar-refractivity contribution >= 4 is 6.03 Å². The summed E-state index contributed by atoms with van der Waals surface area (Å²) in [4.78, 5) is 16.8. The lowest BCUT2D eigenvalue weighted by molar-refractivity contribution is 0.123. The molecule has 2 N–H and O–H groups in total. The first-order valence-electron chi connectivity index (χ1n) is 9.58. The molecule has 0 aliphatic carbocycles. The Balaban J connectivity index is 1.42. The summed E-state index contributed by atoms with van der Waals surface area (Å²) in [6.07, 6.45) is 4.04. The number of likely N-dealkylation sites (tertiary alicyclic amines) is 2. The maximum absolute atomic E-state index is 12.5. The normalized spacial score (nSPS) is 22.8. The Morgan fingerprint density at radius 1 is 1.24 bits per heavy atom. The molecule has 2 saturated heterocycles. The van der Waals surface area contributed by atoms with Crippen molar-refractivity contribution in [3.63, 3.8) is 0 Å². The van der Waals surface area contributed by atoms with Gasteiger partial charge in [0, 0.05) is 45.4 Å². The number of hydrogen-bond acceptors (Lipinski definition) is 3. The Kier molecular flexibility index (Phi) is 6.32. The van der Waals surface area contributed by atoms with Crippen molar-refractivity contribution in [3.8, 4) is 0 Å². The van der Waals surface area contributed by atoms with E-state index in [2.05, 4.69) is 41.4 Å². The Bertz CT molecular complexity index is 570. The molecule has 25 heavy (non-hydrogen) atoms. The van der Waals surface area contributed by atoms with Crippen molar-refractivity contribution in [2.75, 3.05) is 32.8 Å². The second-order valence-corrected chi connectivity index (χ2v) is 7.63. The summed E-state index contributed by atoms with van der Waals surface area (Å²) in [5, 5.41) is 12.5. The fourth-order valence-electron chi connectivity index (χ4n) is 3.97. The average Bonchev–Trinajstić information content (AvgIpc) is 2.63. The highest BCUT2D eigenvalue weighted by atomic mass is 16.3. The molecule has 0 bridgehead atoms. The van der Waals surface area contributed by atoms with Gasteiger partial charge in [-0.15, -0.1) is 0 Å². The lowest BCUT2D eigenvalue weighted by Gasteiger charge is -2.36. The van der Waals surface area contributed by atoms with Crippen LogP contribution in [0.15, 0.2) is 24.3 Å². The maximum atomic E-state index is 12.5. The highest BCUT2D eigenvalue weighted by Crippen LogP contribution is 2.18. The lowest BCUT2D eigenvalue weighted by atomic mass is 9.99. The van der Waals surface area contributed by atoms with Crippen LogP contribution in [0.5, 0.6) is 0 Å². The van der Waals surface area contributed by atoms with Crippen LogP contribution in [0.3, 0.4) is 0 Å². The van der Waals surface area contributed by atoms with Gasteiger partial charge < -0.3 is 15.3 Å². The third kappa shape index (κ3) is 5.19. The summed E-state index contributed by atoms with van der Waals surface area (Å²) in [5.74, 6) is 0.246. The van der Waals surface area contributed by atoms with E-state index in [-0.39, 0.29) is 24.6 Å². The maximum Gasteiger partial charge on any atom is 0.317 e. The van der Waals surface area contributed by atoms with Crippen molar-refractivity contribution in [1.29, 1.82) is 0 Å². The van der Waals surface area contributed by atoms with Gasteiger partial charge in [0.25, 0.3) is 0 Å². The quantitative estimate of drug-likeness (QED) is 0.881. The average molecular weight is 345 g/mol. The summed E-state index contributed by atoms with van der Waals surface area (Å²) in [5.41, 5.74) is 2.67. The van der Waals surface area contributed by atoms with E-state index in [9.17, 15) is 9.90 Å². The van der Waals surface area contributed by atoms with Gasteiger partial charge in [-0.1, -0.05) is 29.8 Å². The van der Waals surface area contributed by atoms with E-state index in [1.54, 1.807) is 0 Å². The zero-order valence-electron chi connectivity index (χ0n) is 15.3. The molecule has 1 atom stereocenters. The van der Waals surface area contributed by atoms with E-state index < -0.39 is 0 Å². The molecule has 1 aromatic rings. The molecule has 138 valence electrons. The number of carbonyl (C=O) groups is 1. The predicted octanol–water partition coefficient (Wildman–Crippen LogP) is 2.37. The van der Waals surface area contributed by atoms with E-state index in [4.69, 9.17) is 0 Å². The number of piperidine rings is 2. The minimum Gasteiger partial charge on any atom is -0.396 e. The van der Waals surface area contributed by atoms with Gasteiger partial charge in [0.05, 0.1) is 0 Å². The topological polar surface area (TPSA) is 55.8 Å². The minimum absolute atomic E-state index is 0.0512. The Morgan fingerprint density at radius 2 is 2.04 bits per heavy atom. The van der Waals surface area contributed by atoms with Crippen LogP contribution < -0.4 is 5.32 Å². The van der Waals surface area contributed by atoms with Gasteiger partial charge >= 0.3 is 6.03 Å². The molecular weight excluding hydrogens is 314 g/mol. The van der Waals surface area contributed by atoms with E-state index in [1.165, 1.54) is 11.1 Å². The lowest BCUT2D eigenvalue weighted by Crippen LogP contribution is -2.51. The number of nitrogens with zero attached hydrogens (tertiary/aromatic N) is 2. The van der Waals surface area contributed by atoms with Gasteiger partial charge in [0.15, 0.2) is 0 Å². The Labute approximate surface area is 151 Å². The first kappa shape index (κ1) is 18.2. The fraction of sp³-hybridized carbons (Fsp3) is 0.650. The van der Waals surface area contributed by atoms with Gasteiger partial charge in [-0.25, -0.2) is 4.79 Å². The van der Waals surface area contributed by atoms with Crippen LogP contribution in [0.25, 0.3) is 0 Å². The summed E-state index contributed by atoms with van der Waals surface area (Å²) in [6, 6.07) is 9.02. The third-order valence-corrected chi connectivity index (χ3v) is 5.47. The first-order chi connectivity index (χ1) is 12.1. The molecule has 5 heteroatoms.